The number of aromatic amines is 1. The Balaban J connectivity index is 1.42. The topological polar surface area (TPSA) is 97.5 Å². The van der Waals surface area contributed by atoms with Crippen LogP contribution in [0, 0.1) is 0 Å². The summed E-state index contributed by atoms with van der Waals surface area (Å²) < 4.78 is 0. The molecule has 1 aliphatic carbocycles. The summed E-state index contributed by atoms with van der Waals surface area (Å²) in [6.07, 6.45) is 3.87. The van der Waals surface area contributed by atoms with Gasteiger partial charge in [0.2, 0.25) is 0 Å². The van der Waals surface area contributed by atoms with E-state index >= 15 is 0 Å². The zero-order chi connectivity index (χ0) is 21.5. The molecule has 4 aromatic rings. The molecule has 0 atom stereocenters. The van der Waals surface area contributed by atoms with Gasteiger partial charge in [-0.15, -0.1) is 11.3 Å². The van der Waals surface area contributed by atoms with Crippen molar-refractivity contribution in [1.82, 2.24) is 19.9 Å². The average Bonchev–Trinajstić information content (AvgIpc) is 3.33. The molecule has 0 radical (unpaired) electrons. The number of nitrogens with zero attached hydrogens (tertiary/aromatic N) is 3. The van der Waals surface area contributed by atoms with Crippen LogP contribution in [0.3, 0.4) is 0 Å². The van der Waals surface area contributed by atoms with Crippen LogP contribution in [-0.4, -0.2) is 19.9 Å². The number of hydrogen-bond donors (Lipinski definition) is 2. The number of nitrogens with one attached hydrogen (secondary N) is 1. The fourth-order valence-corrected chi connectivity index (χ4v) is 6.15. The second kappa shape index (κ2) is 8.26. The minimum Gasteiger partial charge on any atom is -0.383 e. The molecule has 0 spiro atoms. The second-order valence-corrected chi connectivity index (χ2v) is 9.87. The summed E-state index contributed by atoms with van der Waals surface area (Å²) in [5.41, 5.74) is 10.1. The van der Waals surface area contributed by atoms with Crippen molar-refractivity contribution < 1.29 is 0 Å². The maximum atomic E-state index is 12.7. The van der Waals surface area contributed by atoms with Crippen molar-refractivity contribution in [2.24, 2.45) is 0 Å². The maximum Gasteiger partial charge on any atom is 0.259 e. The SMILES string of the molecule is CCc1nc(SCc2nc3sc4c(c3c(=O)[nH]2)CCC4)nc(N)c1-c1ccc(Cl)cc1. The zero-order valence-corrected chi connectivity index (χ0v) is 19.3. The van der Waals surface area contributed by atoms with E-state index in [4.69, 9.17) is 27.3 Å². The van der Waals surface area contributed by atoms with Gasteiger partial charge in [-0.25, -0.2) is 15.0 Å². The van der Waals surface area contributed by atoms with Crippen molar-refractivity contribution in [2.45, 2.75) is 43.5 Å². The largest absolute Gasteiger partial charge is 0.383 e. The highest BCUT2D eigenvalue weighted by Gasteiger charge is 2.21. The first-order valence-electron chi connectivity index (χ1n) is 10.1. The fraction of sp³-hybridized carbons (Fsp3) is 0.273. The van der Waals surface area contributed by atoms with Gasteiger partial charge < -0.3 is 10.7 Å². The molecule has 3 aromatic heterocycles. The number of fused-ring (bicyclic) bond motifs is 3. The van der Waals surface area contributed by atoms with Gasteiger partial charge in [0.15, 0.2) is 5.16 Å². The van der Waals surface area contributed by atoms with E-state index < -0.39 is 0 Å². The van der Waals surface area contributed by atoms with Crippen LogP contribution in [0.5, 0.6) is 0 Å². The Morgan fingerprint density at radius 2 is 2.00 bits per heavy atom. The van der Waals surface area contributed by atoms with Gasteiger partial charge in [-0.05, 0) is 48.9 Å². The lowest BCUT2D eigenvalue weighted by Gasteiger charge is -2.12. The highest BCUT2D eigenvalue weighted by atomic mass is 35.5. The summed E-state index contributed by atoms with van der Waals surface area (Å²) in [6, 6.07) is 7.51. The lowest BCUT2D eigenvalue weighted by Crippen LogP contribution is -2.11. The van der Waals surface area contributed by atoms with Crippen LogP contribution in [0.1, 0.15) is 35.3 Å². The lowest BCUT2D eigenvalue weighted by molar-refractivity contribution is 0.897. The van der Waals surface area contributed by atoms with Crippen molar-refractivity contribution in [2.75, 3.05) is 5.73 Å². The third-order valence-electron chi connectivity index (χ3n) is 5.42. The number of aromatic nitrogens is 4. The number of hydrogen-bond acceptors (Lipinski definition) is 7. The van der Waals surface area contributed by atoms with Crippen LogP contribution >= 0.6 is 34.7 Å². The predicted molar refractivity (Wildman–Crippen MR) is 128 cm³/mol. The number of nitrogen functional groups attached to an aromatic ring is 1. The number of thioether (sulfide) groups is 1. The molecule has 3 N–H and O–H groups in total. The van der Waals surface area contributed by atoms with Gasteiger partial charge >= 0.3 is 0 Å². The highest BCUT2D eigenvalue weighted by molar-refractivity contribution is 7.98. The van der Waals surface area contributed by atoms with Crippen molar-refractivity contribution in [3.63, 3.8) is 0 Å². The molecule has 0 amide bonds. The standard InChI is InChI=1S/C22H20ClN5OS2/c1-2-14-17(11-6-8-12(23)9-7-11)19(24)28-22(25-14)30-10-16-26-20(29)18-13-4-3-5-15(13)31-21(18)27-16/h6-9H,2-5,10H2,1H3,(H2,24,25,28)(H,26,27,29). The third kappa shape index (κ3) is 3.84. The summed E-state index contributed by atoms with van der Waals surface area (Å²) >= 11 is 9.07. The average molecular weight is 470 g/mol. The maximum absolute atomic E-state index is 12.7. The van der Waals surface area contributed by atoms with Gasteiger partial charge in [0.05, 0.1) is 16.8 Å². The molecule has 1 aromatic carbocycles. The molecule has 5 rings (SSSR count). The van der Waals surface area contributed by atoms with E-state index in [9.17, 15) is 4.79 Å². The van der Waals surface area contributed by atoms with Gasteiger partial charge in [0, 0.05) is 15.5 Å². The minimum atomic E-state index is -0.0484. The van der Waals surface area contributed by atoms with E-state index in [2.05, 4.69) is 9.97 Å². The summed E-state index contributed by atoms with van der Waals surface area (Å²) in [4.78, 5) is 31.6. The van der Waals surface area contributed by atoms with Crippen molar-refractivity contribution >= 4 is 50.7 Å². The summed E-state index contributed by atoms with van der Waals surface area (Å²) in [7, 11) is 0. The first-order valence-corrected chi connectivity index (χ1v) is 12.3. The smallest absolute Gasteiger partial charge is 0.259 e. The number of aryl methyl sites for hydroxylation is 3. The molecule has 0 unspecified atom stereocenters. The van der Waals surface area contributed by atoms with Gasteiger partial charge in [-0.2, -0.15) is 0 Å². The Kier molecular flexibility index (Phi) is 5.45. The molecular weight excluding hydrogens is 450 g/mol. The monoisotopic (exact) mass is 469 g/mol. The number of rotatable bonds is 5. The molecule has 0 saturated carbocycles. The van der Waals surface area contributed by atoms with Gasteiger partial charge in [0.25, 0.3) is 5.56 Å². The Morgan fingerprint density at radius 3 is 2.77 bits per heavy atom. The molecule has 158 valence electrons. The molecule has 9 heteroatoms. The van der Waals surface area contributed by atoms with Crippen LogP contribution in [0.2, 0.25) is 5.02 Å². The van der Waals surface area contributed by atoms with E-state index in [0.29, 0.717) is 27.6 Å². The number of halogens is 1. The Labute approximate surface area is 192 Å². The minimum absolute atomic E-state index is 0.0484. The molecule has 1 aliphatic rings. The fourth-order valence-electron chi connectivity index (χ4n) is 4.00. The van der Waals surface area contributed by atoms with E-state index in [1.54, 1.807) is 11.3 Å². The van der Waals surface area contributed by atoms with Gasteiger partial charge in [0.1, 0.15) is 16.5 Å². The molecule has 0 fully saturated rings. The van der Waals surface area contributed by atoms with Crippen LogP contribution in [0.25, 0.3) is 21.3 Å². The number of anilines is 1. The van der Waals surface area contributed by atoms with Crippen molar-refractivity contribution in [3.8, 4) is 11.1 Å². The lowest BCUT2D eigenvalue weighted by atomic mass is 10.0. The highest BCUT2D eigenvalue weighted by Crippen LogP contribution is 2.35. The normalized spacial score (nSPS) is 13.1. The van der Waals surface area contributed by atoms with Crippen molar-refractivity contribution in [3.05, 3.63) is 61.6 Å². The summed E-state index contributed by atoms with van der Waals surface area (Å²) in [5.74, 6) is 1.53. The number of thiophene rings is 1. The molecular formula is C22H20ClN5OS2. The van der Waals surface area contributed by atoms with Crippen LogP contribution in [-0.2, 0) is 25.0 Å². The van der Waals surface area contributed by atoms with Crippen molar-refractivity contribution in [1.29, 1.82) is 0 Å². The molecule has 31 heavy (non-hydrogen) atoms. The van der Waals surface area contributed by atoms with Crippen LogP contribution in [0.4, 0.5) is 5.82 Å². The van der Waals surface area contributed by atoms with Gasteiger partial charge in [-0.3, -0.25) is 4.79 Å². The van der Waals surface area contributed by atoms with E-state index in [1.165, 1.54) is 22.2 Å². The Morgan fingerprint density at radius 1 is 1.19 bits per heavy atom. The first kappa shape index (κ1) is 20.5. The molecule has 6 nitrogen and oxygen atoms in total. The molecule has 0 bridgehead atoms. The van der Waals surface area contributed by atoms with E-state index in [-0.39, 0.29) is 5.56 Å². The predicted octanol–water partition coefficient (Wildman–Crippen LogP) is 5.02. The quantitative estimate of drug-likeness (QED) is 0.314. The Hall–Kier alpha value is -2.42. The van der Waals surface area contributed by atoms with Gasteiger partial charge in [-0.1, -0.05) is 42.4 Å². The summed E-state index contributed by atoms with van der Waals surface area (Å²) in [6.45, 7) is 2.04. The van der Waals surface area contributed by atoms with Crippen LogP contribution in [0.15, 0.2) is 34.2 Å². The number of nitrogens with two attached hydrogens (primary N) is 1. The van der Waals surface area contributed by atoms with E-state index in [0.717, 1.165) is 52.7 Å². The molecule has 0 saturated heterocycles. The zero-order valence-electron chi connectivity index (χ0n) is 16.9. The first-order chi connectivity index (χ1) is 15.0. The third-order valence-corrected chi connectivity index (χ3v) is 7.72. The number of H-pyrrole nitrogens is 1. The summed E-state index contributed by atoms with van der Waals surface area (Å²) in [5, 5.41) is 2.01. The molecule has 0 aliphatic heterocycles. The Bertz CT molecular complexity index is 1350. The second-order valence-electron chi connectivity index (χ2n) is 7.41. The van der Waals surface area contributed by atoms with Crippen LogP contribution < -0.4 is 11.3 Å². The van der Waals surface area contributed by atoms with E-state index in [1.807, 2.05) is 31.2 Å². The molecule has 3 heterocycles. The number of benzene rings is 1.